The number of nitrogens with one attached hydrogen (secondary N) is 2. The van der Waals surface area contributed by atoms with Crippen molar-refractivity contribution in [3.05, 3.63) is 0 Å². The van der Waals surface area contributed by atoms with Crippen molar-refractivity contribution in [2.45, 2.75) is 57.5 Å². The van der Waals surface area contributed by atoms with E-state index in [9.17, 15) is 9.59 Å². The fraction of sp³-hybridized carbons (Fsp3) is 0.750. The van der Waals surface area contributed by atoms with E-state index >= 15 is 0 Å². The molecular weight excluding hydrogens is 252 g/mol. The zero-order valence-corrected chi connectivity index (χ0v) is 11.9. The largest absolute Gasteiger partial charge is 0.351 e. The molecule has 0 radical (unpaired) electrons. The summed E-state index contributed by atoms with van der Waals surface area (Å²) in [5.74, 6) is 7.19. The van der Waals surface area contributed by atoms with Crippen LogP contribution in [0.15, 0.2) is 0 Å². The van der Waals surface area contributed by atoms with Gasteiger partial charge in [-0.05, 0) is 56.3 Å². The summed E-state index contributed by atoms with van der Waals surface area (Å²) in [4.78, 5) is 23.5. The van der Waals surface area contributed by atoms with Gasteiger partial charge in [0.15, 0.2) is 0 Å². The Labute approximate surface area is 120 Å². The molecule has 0 aromatic rings. The van der Waals surface area contributed by atoms with Gasteiger partial charge in [-0.2, -0.15) is 0 Å². The Kier molecular flexibility index (Phi) is 3.69. The molecule has 1 aliphatic heterocycles. The standard InChI is InChI=1S/C16H22N2O2/c1-2-3-14(19)17-13-6-7-15(20)18-16(13)12-9-10-4-5-11(12)8-10/h10-13,16H,4-9H2,1H3,(H,17,19)(H,18,20). The molecule has 1 saturated heterocycles. The van der Waals surface area contributed by atoms with E-state index in [0.717, 1.165) is 18.3 Å². The highest BCUT2D eigenvalue weighted by atomic mass is 16.2. The number of rotatable bonds is 2. The molecule has 2 N–H and O–H groups in total. The Morgan fingerprint density at radius 1 is 1.30 bits per heavy atom. The molecule has 1 heterocycles. The van der Waals surface area contributed by atoms with Crippen LogP contribution in [0.2, 0.25) is 0 Å². The monoisotopic (exact) mass is 274 g/mol. The van der Waals surface area contributed by atoms with Crippen molar-refractivity contribution < 1.29 is 9.59 Å². The summed E-state index contributed by atoms with van der Waals surface area (Å²) in [6, 6.07) is 0.152. The Bertz CT molecular complexity index is 477. The second-order valence-electron chi connectivity index (χ2n) is 6.43. The molecule has 4 nitrogen and oxygen atoms in total. The normalized spacial score (nSPS) is 38.9. The first kappa shape index (κ1) is 13.5. The van der Waals surface area contributed by atoms with Crippen molar-refractivity contribution in [1.29, 1.82) is 0 Å². The lowest BCUT2D eigenvalue weighted by atomic mass is 9.78. The average molecular weight is 274 g/mol. The van der Waals surface area contributed by atoms with Crippen molar-refractivity contribution in [3.8, 4) is 11.8 Å². The average Bonchev–Trinajstić information content (AvgIpc) is 3.03. The lowest BCUT2D eigenvalue weighted by Crippen LogP contribution is -2.59. The molecule has 20 heavy (non-hydrogen) atoms. The van der Waals surface area contributed by atoms with Crippen molar-refractivity contribution in [1.82, 2.24) is 10.6 Å². The van der Waals surface area contributed by atoms with Crippen LogP contribution in [0.5, 0.6) is 0 Å². The number of carbonyl (C=O) groups excluding carboxylic acids is 2. The smallest absolute Gasteiger partial charge is 0.296 e. The highest BCUT2D eigenvalue weighted by molar-refractivity contribution is 5.93. The van der Waals surface area contributed by atoms with Crippen LogP contribution in [0.25, 0.3) is 0 Å². The zero-order valence-electron chi connectivity index (χ0n) is 11.9. The molecule has 2 amide bonds. The van der Waals surface area contributed by atoms with E-state index in [4.69, 9.17) is 0 Å². The van der Waals surface area contributed by atoms with Crippen LogP contribution in [-0.2, 0) is 9.59 Å². The topological polar surface area (TPSA) is 58.2 Å². The van der Waals surface area contributed by atoms with E-state index in [0.29, 0.717) is 12.3 Å². The van der Waals surface area contributed by atoms with E-state index in [1.54, 1.807) is 6.92 Å². The number of fused-ring (bicyclic) bond motifs is 2. The first-order chi connectivity index (χ1) is 9.67. The Morgan fingerprint density at radius 2 is 2.15 bits per heavy atom. The van der Waals surface area contributed by atoms with Crippen LogP contribution in [-0.4, -0.2) is 23.9 Å². The molecule has 2 aliphatic carbocycles. The molecule has 2 saturated carbocycles. The van der Waals surface area contributed by atoms with Gasteiger partial charge in [0, 0.05) is 6.42 Å². The van der Waals surface area contributed by atoms with E-state index in [1.807, 2.05) is 0 Å². The fourth-order valence-corrected chi connectivity index (χ4v) is 4.44. The van der Waals surface area contributed by atoms with Gasteiger partial charge in [0.2, 0.25) is 5.91 Å². The van der Waals surface area contributed by atoms with Gasteiger partial charge < -0.3 is 10.6 Å². The molecule has 3 fully saturated rings. The molecule has 0 aromatic carbocycles. The number of carbonyl (C=O) groups is 2. The van der Waals surface area contributed by atoms with E-state index in [2.05, 4.69) is 22.5 Å². The van der Waals surface area contributed by atoms with Crippen molar-refractivity contribution >= 4 is 11.8 Å². The van der Waals surface area contributed by atoms with Crippen LogP contribution in [0, 0.1) is 29.6 Å². The van der Waals surface area contributed by atoms with E-state index in [1.165, 1.54) is 25.7 Å². The zero-order chi connectivity index (χ0) is 14.1. The van der Waals surface area contributed by atoms with Crippen molar-refractivity contribution in [2.24, 2.45) is 17.8 Å². The SMILES string of the molecule is CC#CC(=O)NC1CCC(=O)NC1C1CC2CCC1C2. The highest BCUT2D eigenvalue weighted by Gasteiger charge is 2.46. The minimum absolute atomic E-state index is 0.0467. The third-order valence-electron chi connectivity index (χ3n) is 5.25. The molecule has 3 aliphatic rings. The Balaban J connectivity index is 1.71. The van der Waals surface area contributed by atoms with Gasteiger partial charge in [-0.25, -0.2) is 0 Å². The first-order valence-corrected chi connectivity index (χ1v) is 7.70. The molecule has 2 bridgehead atoms. The highest BCUT2D eigenvalue weighted by Crippen LogP contribution is 2.50. The van der Waals surface area contributed by atoms with Gasteiger partial charge in [0.1, 0.15) is 0 Å². The van der Waals surface area contributed by atoms with Crippen molar-refractivity contribution in [2.75, 3.05) is 0 Å². The summed E-state index contributed by atoms with van der Waals surface area (Å²) in [5.41, 5.74) is 0. The number of amides is 2. The molecule has 5 atom stereocenters. The number of hydrogen-bond acceptors (Lipinski definition) is 2. The van der Waals surface area contributed by atoms with Gasteiger partial charge in [-0.15, -0.1) is 0 Å². The maximum Gasteiger partial charge on any atom is 0.296 e. The van der Waals surface area contributed by atoms with Crippen LogP contribution >= 0.6 is 0 Å². The maximum atomic E-state index is 11.7. The van der Waals surface area contributed by atoms with Gasteiger partial charge in [0.25, 0.3) is 5.91 Å². The summed E-state index contributed by atoms with van der Waals surface area (Å²) < 4.78 is 0. The Hall–Kier alpha value is -1.50. The first-order valence-electron chi connectivity index (χ1n) is 7.70. The van der Waals surface area contributed by atoms with Crippen LogP contribution in [0.1, 0.15) is 45.4 Å². The molecule has 3 rings (SSSR count). The molecule has 4 heteroatoms. The molecule has 0 spiro atoms. The molecule has 5 unspecified atom stereocenters. The van der Waals surface area contributed by atoms with Crippen LogP contribution in [0.4, 0.5) is 0 Å². The summed E-state index contributed by atoms with van der Waals surface area (Å²) in [6.07, 6.45) is 6.40. The minimum Gasteiger partial charge on any atom is -0.351 e. The molecular formula is C16H22N2O2. The minimum atomic E-state index is -0.221. The second kappa shape index (κ2) is 5.47. The Morgan fingerprint density at radius 3 is 2.80 bits per heavy atom. The van der Waals surface area contributed by atoms with Crippen LogP contribution in [0.3, 0.4) is 0 Å². The van der Waals surface area contributed by atoms with Gasteiger partial charge in [-0.1, -0.05) is 12.3 Å². The summed E-state index contributed by atoms with van der Waals surface area (Å²) in [6.45, 7) is 1.66. The van der Waals surface area contributed by atoms with Gasteiger partial charge >= 0.3 is 0 Å². The summed E-state index contributed by atoms with van der Waals surface area (Å²) in [5, 5.41) is 6.14. The fourth-order valence-electron chi connectivity index (χ4n) is 4.44. The third-order valence-corrected chi connectivity index (χ3v) is 5.25. The predicted octanol–water partition coefficient (Wildman–Crippen LogP) is 1.21. The molecule has 108 valence electrons. The van der Waals surface area contributed by atoms with Gasteiger partial charge in [0.05, 0.1) is 12.1 Å². The number of hydrogen-bond donors (Lipinski definition) is 2. The maximum absolute atomic E-state index is 11.7. The summed E-state index contributed by atoms with van der Waals surface area (Å²) >= 11 is 0. The van der Waals surface area contributed by atoms with E-state index < -0.39 is 0 Å². The predicted molar refractivity (Wildman–Crippen MR) is 75.5 cm³/mol. The van der Waals surface area contributed by atoms with Crippen LogP contribution < -0.4 is 10.6 Å². The second-order valence-corrected chi connectivity index (χ2v) is 6.43. The molecule has 0 aromatic heterocycles. The number of piperidine rings is 1. The summed E-state index contributed by atoms with van der Waals surface area (Å²) in [7, 11) is 0. The third kappa shape index (κ3) is 2.54. The lowest BCUT2D eigenvalue weighted by Gasteiger charge is -2.39. The quantitative estimate of drug-likeness (QED) is 0.744. The van der Waals surface area contributed by atoms with Gasteiger partial charge in [-0.3, -0.25) is 9.59 Å². The van der Waals surface area contributed by atoms with E-state index in [-0.39, 0.29) is 23.9 Å². The lowest BCUT2D eigenvalue weighted by molar-refractivity contribution is -0.126. The van der Waals surface area contributed by atoms with Crippen molar-refractivity contribution in [3.63, 3.8) is 0 Å².